The van der Waals surface area contributed by atoms with Crippen LogP contribution < -0.4 is 0 Å². The van der Waals surface area contributed by atoms with Gasteiger partial charge in [-0.1, -0.05) is 43.3 Å². The summed E-state index contributed by atoms with van der Waals surface area (Å²) in [5.74, 6) is -0.478. The Hall–Kier alpha value is -1.15. The molecule has 1 nitrogen and oxygen atoms in total. The third-order valence-corrected chi connectivity index (χ3v) is 1.78. The van der Waals surface area contributed by atoms with E-state index in [1.54, 1.807) is 24.3 Å². The van der Waals surface area contributed by atoms with E-state index in [4.69, 9.17) is 0 Å². The number of allylic oxidation sites excluding steroid dienone is 1. The lowest BCUT2D eigenvalue weighted by atomic mass is 10.1. The molecule has 0 aliphatic heterocycles. The van der Waals surface area contributed by atoms with Crippen molar-refractivity contribution in [2.75, 3.05) is 0 Å². The van der Waals surface area contributed by atoms with E-state index in [1.165, 1.54) is 6.08 Å². The van der Waals surface area contributed by atoms with Crippen LogP contribution in [0.1, 0.15) is 25.0 Å². The molecule has 0 aliphatic rings. The summed E-state index contributed by atoms with van der Waals surface area (Å²) in [5.41, 5.74) is 0.588. The number of rotatable bonds is 3. The Bertz CT molecular complexity index is 279. The standard InChI is InChI=1S/C11H13FO/c1-2-6-10(12)11(13)9-7-4-3-5-8-9/h3-8,11,13H,2H2,1H3/b10-6-. The van der Waals surface area contributed by atoms with Gasteiger partial charge in [-0.2, -0.15) is 0 Å². The molecule has 0 saturated heterocycles. The molecule has 0 aromatic heterocycles. The summed E-state index contributed by atoms with van der Waals surface area (Å²) in [6.45, 7) is 1.83. The lowest BCUT2D eigenvalue weighted by Gasteiger charge is -2.07. The Labute approximate surface area is 77.5 Å². The molecule has 1 atom stereocenters. The van der Waals surface area contributed by atoms with Crippen LogP contribution in [0.15, 0.2) is 42.2 Å². The number of hydrogen-bond donors (Lipinski definition) is 1. The summed E-state index contributed by atoms with van der Waals surface area (Å²) in [4.78, 5) is 0. The van der Waals surface area contributed by atoms with E-state index in [2.05, 4.69) is 0 Å². The molecule has 0 bridgehead atoms. The van der Waals surface area contributed by atoms with Crippen LogP contribution in [0.5, 0.6) is 0 Å². The van der Waals surface area contributed by atoms with Crippen LogP contribution in [0.2, 0.25) is 0 Å². The molecule has 0 radical (unpaired) electrons. The lowest BCUT2D eigenvalue weighted by Crippen LogP contribution is -1.97. The first-order valence-electron chi connectivity index (χ1n) is 4.34. The molecule has 1 unspecified atom stereocenters. The fourth-order valence-corrected chi connectivity index (χ4v) is 1.10. The zero-order valence-corrected chi connectivity index (χ0v) is 7.57. The molecule has 1 rings (SSSR count). The van der Waals surface area contributed by atoms with E-state index in [9.17, 15) is 9.50 Å². The number of hydrogen-bond acceptors (Lipinski definition) is 1. The van der Waals surface area contributed by atoms with Crippen molar-refractivity contribution in [2.24, 2.45) is 0 Å². The molecule has 0 heterocycles. The van der Waals surface area contributed by atoms with Crippen LogP contribution in [-0.2, 0) is 0 Å². The van der Waals surface area contributed by atoms with E-state index in [0.717, 1.165) is 0 Å². The van der Waals surface area contributed by atoms with E-state index < -0.39 is 11.9 Å². The van der Waals surface area contributed by atoms with Crippen molar-refractivity contribution in [1.82, 2.24) is 0 Å². The summed E-state index contributed by atoms with van der Waals surface area (Å²) in [5, 5.41) is 9.48. The van der Waals surface area contributed by atoms with Gasteiger partial charge in [-0.3, -0.25) is 0 Å². The van der Waals surface area contributed by atoms with Crippen molar-refractivity contribution in [3.8, 4) is 0 Å². The average Bonchev–Trinajstić information content (AvgIpc) is 2.18. The molecule has 70 valence electrons. The van der Waals surface area contributed by atoms with Gasteiger partial charge in [-0.25, -0.2) is 4.39 Å². The van der Waals surface area contributed by atoms with Gasteiger partial charge in [-0.15, -0.1) is 0 Å². The fraction of sp³-hybridized carbons (Fsp3) is 0.273. The highest BCUT2D eigenvalue weighted by Crippen LogP contribution is 2.22. The minimum atomic E-state index is -1.11. The monoisotopic (exact) mass is 180 g/mol. The van der Waals surface area contributed by atoms with Gasteiger partial charge >= 0.3 is 0 Å². The van der Waals surface area contributed by atoms with Gasteiger partial charge in [0.05, 0.1) is 0 Å². The summed E-state index contributed by atoms with van der Waals surface area (Å²) in [6, 6.07) is 8.79. The molecule has 0 saturated carbocycles. The van der Waals surface area contributed by atoms with Crippen LogP contribution in [0.25, 0.3) is 0 Å². The van der Waals surface area contributed by atoms with Gasteiger partial charge in [0, 0.05) is 0 Å². The number of aliphatic hydroxyl groups excluding tert-OH is 1. The van der Waals surface area contributed by atoms with Gasteiger partial charge < -0.3 is 5.11 Å². The second-order valence-corrected chi connectivity index (χ2v) is 2.81. The maximum absolute atomic E-state index is 13.1. The molecular weight excluding hydrogens is 167 g/mol. The van der Waals surface area contributed by atoms with Gasteiger partial charge in [0.1, 0.15) is 11.9 Å². The average molecular weight is 180 g/mol. The van der Waals surface area contributed by atoms with Crippen molar-refractivity contribution in [3.05, 3.63) is 47.8 Å². The first-order chi connectivity index (χ1) is 6.25. The van der Waals surface area contributed by atoms with Gasteiger partial charge in [0.2, 0.25) is 0 Å². The van der Waals surface area contributed by atoms with Crippen LogP contribution in [0.3, 0.4) is 0 Å². The van der Waals surface area contributed by atoms with Crippen molar-refractivity contribution >= 4 is 0 Å². The molecule has 1 aromatic rings. The van der Waals surface area contributed by atoms with E-state index in [0.29, 0.717) is 12.0 Å². The Kier molecular flexibility index (Phi) is 3.65. The second-order valence-electron chi connectivity index (χ2n) is 2.81. The predicted octanol–water partition coefficient (Wildman–Crippen LogP) is 2.98. The van der Waals surface area contributed by atoms with E-state index >= 15 is 0 Å². The Morgan fingerprint density at radius 1 is 1.46 bits per heavy atom. The predicted molar refractivity (Wildman–Crippen MR) is 50.9 cm³/mol. The number of aliphatic hydroxyl groups is 1. The van der Waals surface area contributed by atoms with Gasteiger partial charge in [0.15, 0.2) is 0 Å². The molecular formula is C11H13FO. The molecule has 0 spiro atoms. The first-order valence-corrected chi connectivity index (χ1v) is 4.34. The highest BCUT2D eigenvalue weighted by atomic mass is 19.1. The number of halogens is 1. The second kappa shape index (κ2) is 4.77. The van der Waals surface area contributed by atoms with Crippen LogP contribution in [-0.4, -0.2) is 5.11 Å². The van der Waals surface area contributed by atoms with Crippen molar-refractivity contribution in [2.45, 2.75) is 19.4 Å². The van der Waals surface area contributed by atoms with Crippen LogP contribution in [0.4, 0.5) is 4.39 Å². The summed E-state index contributed by atoms with van der Waals surface area (Å²) >= 11 is 0. The summed E-state index contributed by atoms with van der Waals surface area (Å²) in [6.07, 6.45) is 0.870. The molecule has 1 N–H and O–H groups in total. The van der Waals surface area contributed by atoms with E-state index in [-0.39, 0.29) is 0 Å². The first kappa shape index (κ1) is 9.93. The normalized spacial score (nSPS) is 14.2. The third-order valence-electron chi connectivity index (χ3n) is 1.78. The molecule has 0 fully saturated rings. The molecule has 1 aromatic carbocycles. The summed E-state index contributed by atoms with van der Waals surface area (Å²) < 4.78 is 13.1. The Morgan fingerprint density at radius 3 is 2.62 bits per heavy atom. The zero-order chi connectivity index (χ0) is 9.68. The SMILES string of the molecule is CC/C=C(\F)C(O)c1ccccc1. The molecule has 13 heavy (non-hydrogen) atoms. The van der Waals surface area contributed by atoms with Crippen LogP contribution >= 0.6 is 0 Å². The Balaban J connectivity index is 2.79. The highest BCUT2D eigenvalue weighted by molar-refractivity contribution is 5.23. The maximum atomic E-state index is 13.1. The van der Waals surface area contributed by atoms with Crippen molar-refractivity contribution in [1.29, 1.82) is 0 Å². The minimum Gasteiger partial charge on any atom is -0.381 e. The molecule has 2 heteroatoms. The largest absolute Gasteiger partial charge is 0.381 e. The van der Waals surface area contributed by atoms with Crippen molar-refractivity contribution in [3.63, 3.8) is 0 Å². The topological polar surface area (TPSA) is 20.2 Å². The van der Waals surface area contributed by atoms with E-state index in [1.807, 2.05) is 13.0 Å². The van der Waals surface area contributed by atoms with Crippen LogP contribution in [0, 0.1) is 0 Å². The summed E-state index contributed by atoms with van der Waals surface area (Å²) in [7, 11) is 0. The maximum Gasteiger partial charge on any atom is 0.130 e. The molecule has 0 aliphatic carbocycles. The molecule has 0 amide bonds. The smallest absolute Gasteiger partial charge is 0.130 e. The number of benzene rings is 1. The fourth-order valence-electron chi connectivity index (χ4n) is 1.10. The zero-order valence-electron chi connectivity index (χ0n) is 7.57. The van der Waals surface area contributed by atoms with Crippen molar-refractivity contribution < 1.29 is 9.50 Å². The van der Waals surface area contributed by atoms with Gasteiger partial charge in [0.25, 0.3) is 0 Å². The third kappa shape index (κ3) is 2.67. The Morgan fingerprint density at radius 2 is 2.08 bits per heavy atom. The quantitative estimate of drug-likeness (QED) is 0.758. The van der Waals surface area contributed by atoms with Gasteiger partial charge in [-0.05, 0) is 12.0 Å². The highest BCUT2D eigenvalue weighted by Gasteiger charge is 2.11. The lowest BCUT2D eigenvalue weighted by molar-refractivity contribution is 0.185. The minimum absolute atomic E-state index is 0.478.